The summed E-state index contributed by atoms with van der Waals surface area (Å²) >= 11 is 8.17. The van der Waals surface area contributed by atoms with Gasteiger partial charge in [0, 0.05) is 18.3 Å². The molecule has 0 saturated carbocycles. The molecule has 1 amide bonds. The Bertz CT molecular complexity index is 1260. The highest BCUT2D eigenvalue weighted by atomic mass is 35.5. The van der Waals surface area contributed by atoms with Gasteiger partial charge < -0.3 is 10.5 Å². The number of thiophene rings is 1. The molecule has 0 spiro atoms. The molecule has 154 valence electrons. The third-order valence-corrected chi connectivity index (χ3v) is 5.94. The summed E-state index contributed by atoms with van der Waals surface area (Å²) in [5.41, 5.74) is 6.41. The van der Waals surface area contributed by atoms with Crippen molar-refractivity contribution >= 4 is 61.5 Å². The Morgan fingerprint density at radius 3 is 2.70 bits per heavy atom. The van der Waals surface area contributed by atoms with E-state index in [1.807, 2.05) is 0 Å². The van der Waals surface area contributed by atoms with Gasteiger partial charge in [-0.2, -0.15) is 0 Å². The maximum Gasteiger partial charge on any atom is 0.573 e. The van der Waals surface area contributed by atoms with E-state index in [1.165, 1.54) is 17.5 Å². The molecule has 0 bridgehead atoms. The third-order valence-electron chi connectivity index (χ3n) is 3.63. The number of aromatic nitrogens is 3. The van der Waals surface area contributed by atoms with E-state index in [0.717, 1.165) is 28.3 Å². The number of rotatable bonds is 4. The number of fused-ring (bicyclic) bond motifs is 1. The van der Waals surface area contributed by atoms with Crippen LogP contribution in [-0.2, 0) is 0 Å². The van der Waals surface area contributed by atoms with E-state index in [4.69, 9.17) is 17.3 Å². The first-order valence-corrected chi connectivity index (χ1v) is 10.0. The van der Waals surface area contributed by atoms with Crippen LogP contribution in [0.25, 0.3) is 20.8 Å². The van der Waals surface area contributed by atoms with E-state index >= 15 is 0 Å². The summed E-state index contributed by atoms with van der Waals surface area (Å²) in [6.07, 6.45) is -3.33. The van der Waals surface area contributed by atoms with E-state index in [-0.39, 0.29) is 21.6 Å². The first kappa shape index (κ1) is 20.3. The number of nitrogens with two attached hydrogens (primary N) is 1. The van der Waals surface area contributed by atoms with E-state index in [2.05, 4.69) is 25.0 Å². The molecule has 4 rings (SSSR count). The third kappa shape index (κ3) is 4.45. The second-order valence-corrected chi connectivity index (χ2v) is 8.26. The minimum absolute atomic E-state index is 0.0248. The van der Waals surface area contributed by atoms with E-state index in [0.29, 0.717) is 15.3 Å². The van der Waals surface area contributed by atoms with Crippen LogP contribution in [0.4, 0.5) is 24.3 Å². The number of hydrogen-bond donors (Lipinski definition) is 2. The number of halogens is 4. The fourth-order valence-corrected chi connectivity index (χ4v) is 4.57. The number of carbonyl (C=O) groups is 1. The topological polar surface area (TPSA) is 103 Å². The maximum atomic E-state index is 12.5. The normalized spacial score (nSPS) is 11.6. The van der Waals surface area contributed by atoms with Gasteiger partial charge in [0.25, 0.3) is 5.91 Å². The van der Waals surface area contributed by atoms with Gasteiger partial charge >= 0.3 is 6.36 Å². The molecule has 0 atom stereocenters. The van der Waals surface area contributed by atoms with Crippen molar-refractivity contribution in [1.82, 2.24) is 15.0 Å². The second-order valence-electron chi connectivity index (χ2n) is 5.74. The summed E-state index contributed by atoms with van der Waals surface area (Å²) in [6, 6.07) is 7.17. The largest absolute Gasteiger partial charge is 0.573 e. The second kappa shape index (κ2) is 7.70. The summed E-state index contributed by atoms with van der Waals surface area (Å²) in [5, 5.41) is 2.78. The van der Waals surface area contributed by atoms with Gasteiger partial charge in [-0.15, -0.1) is 24.5 Å². The first-order valence-electron chi connectivity index (χ1n) is 8.04. The van der Waals surface area contributed by atoms with Crippen LogP contribution in [0.3, 0.4) is 0 Å². The SMILES string of the molecule is Nc1nccc(-c2ccc(C(=O)Nc3nc4c(Cl)cc(OC(F)(F)F)cc4s3)s2)n1. The van der Waals surface area contributed by atoms with Crippen LogP contribution >= 0.6 is 34.3 Å². The first-order chi connectivity index (χ1) is 14.2. The van der Waals surface area contributed by atoms with Crippen LogP contribution in [-0.4, -0.2) is 27.2 Å². The number of alkyl halides is 3. The molecule has 3 N–H and O–H groups in total. The predicted octanol–water partition coefficient (Wildman–Crippen LogP) is 5.20. The smallest absolute Gasteiger partial charge is 0.406 e. The minimum atomic E-state index is -4.84. The van der Waals surface area contributed by atoms with Crippen LogP contribution < -0.4 is 15.8 Å². The van der Waals surface area contributed by atoms with Crippen molar-refractivity contribution < 1.29 is 22.7 Å². The molecular formula is C17H9ClF3N5O2S2. The molecule has 0 aliphatic carbocycles. The molecule has 1 aromatic carbocycles. The number of carbonyl (C=O) groups excluding carboxylic acids is 1. The molecular weight excluding hydrogens is 463 g/mol. The minimum Gasteiger partial charge on any atom is -0.406 e. The zero-order chi connectivity index (χ0) is 21.5. The van der Waals surface area contributed by atoms with Crippen LogP contribution in [0.15, 0.2) is 36.5 Å². The average Bonchev–Trinajstić information content (AvgIpc) is 3.27. The van der Waals surface area contributed by atoms with Crippen molar-refractivity contribution in [3.63, 3.8) is 0 Å². The van der Waals surface area contributed by atoms with Crippen LogP contribution in [0.1, 0.15) is 9.67 Å². The molecule has 7 nitrogen and oxygen atoms in total. The number of ether oxygens (including phenoxy) is 1. The van der Waals surface area contributed by atoms with E-state index in [1.54, 1.807) is 18.2 Å². The van der Waals surface area contributed by atoms with Gasteiger partial charge in [-0.25, -0.2) is 15.0 Å². The highest BCUT2D eigenvalue weighted by molar-refractivity contribution is 7.22. The molecule has 0 unspecified atom stereocenters. The summed E-state index contributed by atoms with van der Waals surface area (Å²) in [7, 11) is 0. The van der Waals surface area contributed by atoms with Crippen LogP contribution in [0, 0.1) is 0 Å². The summed E-state index contributed by atoms with van der Waals surface area (Å²) in [5.74, 6) is -0.782. The van der Waals surface area contributed by atoms with Gasteiger partial charge in [0.1, 0.15) is 11.3 Å². The lowest BCUT2D eigenvalue weighted by Crippen LogP contribution is -2.17. The van der Waals surface area contributed by atoms with Gasteiger partial charge in [-0.1, -0.05) is 22.9 Å². The van der Waals surface area contributed by atoms with Crippen LogP contribution in [0.2, 0.25) is 5.02 Å². The Hall–Kier alpha value is -2.96. The lowest BCUT2D eigenvalue weighted by Gasteiger charge is -2.08. The van der Waals surface area contributed by atoms with E-state index < -0.39 is 18.0 Å². The Kier molecular flexibility index (Phi) is 5.22. The molecule has 3 heterocycles. The van der Waals surface area contributed by atoms with Crippen molar-refractivity contribution in [2.24, 2.45) is 0 Å². The van der Waals surface area contributed by atoms with Gasteiger partial charge in [0.05, 0.1) is 25.2 Å². The van der Waals surface area contributed by atoms with Crippen LogP contribution in [0.5, 0.6) is 5.75 Å². The predicted molar refractivity (Wildman–Crippen MR) is 109 cm³/mol. The highest BCUT2D eigenvalue weighted by Crippen LogP contribution is 2.37. The number of benzene rings is 1. The van der Waals surface area contributed by atoms with Crippen molar-refractivity contribution in [3.8, 4) is 16.3 Å². The van der Waals surface area contributed by atoms with Crippen molar-refractivity contribution in [3.05, 3.63) is 46.4 Å². The Balaban J connectivity index is 1.55. The highest BCUT2D eigenvalue weighted by Gasteiger charge is 2.31. The van der Waals surface area contributed by atoms with Crippen molar-refractivity contribution in [2.75, 3.05) is 11.1 Å². The molecule has 30 heavy (non-hydrogen) atoms. The maximum absolute atomic E-state index is 12.5. The zero-order valence-electron chi connectivity index (χ0n) is 14.5. The zero-order valence-corrected chi connectivity index (χ0v) is 16.9. The number of thiazole rings is 1. The standard InChI is InChI=1S/C17H9ClF3N5O2S2/c18-8-5-7(28-17(19,20)21)6-12-13(8)25-16(30-12)26-14(27)11-2-1-10(29-11)9-3-4-23-15(22)24-9/h1-6H,(H2,22,23,24)(H,25,26,27). The summed E-state index contributed by atoms with van der Waals surface area (Å²) < 4.78 is 41.5. The Labute approximate surface area is 179 Å². The van der Waals surface area contributed by atoms with Crippen molar-refractivity contribution in [1.29, 1.82) is 0 Å². The summed E-state index contributed by atoms with van der Waals surface area (Å²) in [6.45, 7) is 0. The fourth-order valence-electron chi connectivity index (χ4n) is 2.48. The molecule has 3 aromatic heterocycles. The Morgan fingerprint density at radius 1 is 1.17 bits per heavy atom. The number of nitrogens with one attached hydrogen (secondary N) is 1. The van der Waals surface area contributed by atoms with Gasteiger partial charge in [-0.05, 0) is 18.2 Å². The van der Waals surface area contributed by atoms with Gasteiger partial charge in [-0.3, -0.25) is 10.1 Å². The monoisotopic (exact) mass is 471 g/mol. The van der Waals surface area contributed by atoms with Gasteiger partial charge in [0.2, 0.25) is 5.95 Å². The molecule has 0 fully saturated rings. The molecule has 0 aliphatic rings. The quantitative estimate of drug-likeness (QED) is 0.424. The number of anilines is 2. The van der Waals surface area contributed by atoms with Gasteiger partial charge in [0.15, 0.2) is 5.13 Å². The number of nitrogen functional groups attached to an aromatic ring is 1. The lowest BCUT2D eigenvalue weighted by atomic mass is 10.3. The van der Waals surface area contributed by atoms with Crippen molar-refractivity contribution in [2.45, 2.75) is 6.36 Å². The molecule has 0 radical (unpaired) electrons. The molecule has 0 aliphatic heterocycles. The Morgan fingerprint density at radius 2 is 1.97 bits per heavy atom. The fraction of sp³-hybridized carbons (Fsp3) is 0.0588. The molecule has 4 aromatic rings. The van der Waals surface area contributed by atoms with E-state index in [9.17, 15) is 18.0 Å². The number of hydrogen-bond acceptors (Lipinski definition) is 8. The number of amides is 1. The molecule has 0 saturated heterocycles. The summed E-state index contributed by atoms with van der Waals surface area (Å²) in [4.78, 5) is 25.7. The number of nitrogens with zero attached hydrogens (tertiary/aromatic N) is 3. The average molecular weight is 472 g/mol. The molecule has 13 heteroatoms. The lowest BCUT2D eigenvalue weighted by molar-refractivity contribution is -0.274.